The van der Waals surface area contributed by atoms with Crippen molar-refractivity contribution in [3.05, 3.63) is 276 Å². The Morgan fingerprint density at radius 1 is 0.338 bits per heavy atom. The molecule has 0 spiro atoms. The predicted octanol–water partition coefficient (Wildman–Crippen LogP) is 17.2. The van der Waals surface area contributed by atoms with E-state index in [1.54, 1.807) is 0 Å². The van der Waals surface area contributed by atoms with Gasteiger partial charge < -0.3 is 9.47 Å². The van der Waals surface area contributed by atoms with E-state index in [1.807, 2.05) is 0 Å². The number of nitrogens with zero attached hydrogens (tertiary/aromatic N) is 2. The number of hydrogen-bond donors (Lipinski definition) is 0. The van der Waals surface area contributed by atoms with Gasteiger partial charge >= 0.3 is 0 Å². The molecule has 320 valence electrons. The number of aromatic nitrogens is 1. The summed E-state index contributed by atoms with van der Waals surface area (Å²) in [5.41, 5.74) is 19.2. The highest BCUT2D eigenvalue weighted by atomic mass is 15.1. The lowest BCUT2D eigenvalue weighted by Crippen LogP contribution is -2.28. The molecule has 0 unspecified atom stereocenters. The molecule has 2 nitrogen and oxygen atoms in total. The van der Waals surface area contributed by atoms with Crippen LogP contribution in [0.1, 0.15) is 47.2 Å². The fourth-order valence-corrected chi connectivity index (χ4v) is 12.5. The predicted molar refractivity (Wildman–Crippen MR) is 285 cm³/mol. The highest BCUT2D eigenvalue weighted by Crippen LogP contribution is 2.58. The van der Waals surface area contributed by atoms with Gasteiger partial charge in [0.2, 0.25) is 0 Å². The summed E-state index contributed by atoms with van der Waals surface area (Å²) in [6.45, 7) is 4.82. The molecule has 1 heterocycles. The van der Waals surface area contributed by atoms with Gasteiger partial charge in [-0.05, 0) is 126 Å². The molecule has 2 aliphatic rings. The molecular formula is C66H46N2. The van der Waals surface area contributed by atoms with E-state index in [4.69, 9.17) is 0 Å². The molecule has 0 N–H and O–H groups in total. The second-order valence-corrected chi connectivity index (χ2v) is 19.2. The third-order valence-corrected chi connectivity index (χ3v) is 15.4. The third-order valence-electron chi connectivity index (χ3n) is 15.4. The van der Waals surface area contributed by atoms with Crippen molar-refractivity contribution in [1.82, 2.24) is 4.57 Å². The maximum atomic E-state index is 2.53. The maximum Gasteiger partial charge on any atom is 0.0714 e. The molecule has 0 saturated carbocycles. The zero-order valence-electron chi connectivity index (χ0n) is 38.0. The third kappa shape index (κ3) is 5.29. The van der Waals surface area contributed by atoms with Crippen molar-refractivity contribution in [2.24, 2.45) is 0 Å². The van der Waals surface area contributed by atoms with Gasteiger partial charge in [-0.1, -0.05) is 202 Å². The average molecular weight is 867 g/mol. The molecule has 2 aliphatic carbocycles. The van der Waals surface area contributed by atoms with Crippen LogP contribution in [0, 0.1) is 0 Å². The zero-order chi connectivity index (χ0) is 45.1. The lowest BCUT2D eigenvalue weighted by atomic mass is 9.67. The summed E-state index contributed by atoms with van der Waals surface area (Å²) < 4.78 is 2.53. The molecule has 0 aliphatic heterocycles. The van der Waals surface area contributed by atoms with Gasteiger partial charge in [0, 0.05) is 44.3 Å². The lowest BCUT2D eigenvalue weighted by molar-refractivity contribution is 0.660. The van der Waals surface area contributed by atoms with Gasteiger partial charge in [0.1, 0.15) is 0 Å². The van der Waals surface area contributed by atoms with E-state index in [1.165, 1.54) is 105 Å². The Hall–Kier alpha value is -8.46. The summed E-state index contributed by atoms with van der Waals surface area (Å²) in [4.78, 5) is 2.46. The first-order valence-corrected chi connectivity index (χ1v) is 23.8. The SMILES string of the molecule is CC1(C)c2cc(N(c3ccccc3)c3ccc4c(c3)C(c3ccccc3)(c3ccccc3)c3ccccc3-4)ccc2-c2ccc(-n3c4ccccc4c4c5ccccc5c5ccccc5c43)cc21. The Bertz CT molecular complexity index is 3950. The molecule has 0 saturated heterocycles. The number of para-hydroxylation sites is 2. The van der Waals surface area contributed by atoms with Crippen LogP contribution in [-0.2, 0) is 10.8 Å². The van der Waals surface area contributed by atoms with E-state index in [0.717, 1.165) is 17.1 Å². The van der Waals surface area contributed by atoms with E-state index in [9.17, 15) is 0 Å². The number of hydrogen-bond acceptors (Lipinski definition) is 1. The van der Waals surface area contributed by atoms with Crippen molar-refractivity contribution in [3.8, 4) is 27.9 Å². The van der Waals surface area contributed by atoms with Crippen LogP contribution >= 0.6 is 0 Å². The van der Waals surface area contributed by atoms with Gasteiger partial charge in [0.25, 0.3) is 0 Å². The van der Waals surface area contributed by atoms with Crippen molar-refractivity contribution in [3.63, 3.8) is 0 Å². The maximum absolute atomic E-state index is 2.53. The molecule has 0 atom stereocenters. The van der Waals surface area contributed by atoms with Gasteiger partial charge in [-0.3, -0.25) is 0 Å². The van der Waals surface area contributed by atoms with Gasteiger partial charge in [0.05, 0.1) is 16.4 Å². The van der Waals surface area contributed by atoms with Crippen molar-refractivity contribution < 1.29 is 0 Å². The Balaban J connectivity index is 0.943. The molecule has 14 rings (SSSR count). The number of anilines is 3. The normalized spacial score (nSPS) is 14.0. The highest BCUT2D eigenvalue weighted by Gasteiger charge is 2.46. The van der Waals surface area contributed by atoms with Crippen molar-refractivity contribution in [2.75, 3.05) is 4.90 Å². The number of fused-ring (bicyclic) bond motifs is 14. The Labute approximate surface area is 396 Å². The molecular weight excluding hydrogens is 821 g/mol. The minimum atomic E-state index is -0.498. The lowest BCUT2D eigenvalue weighted by Gasteiger charge is -2.35. The van der Waals surface area contributed by atoms with Crippen molar-refractivity contribution in [2.45, 2.75) is 24.7 Å². The molecule has 0 bridgehead atoms. The van der Waals surface area contributed by atoms with Crippen LogP contribution in [0.2, 0.25) is 0 Å². The molecule has 0 amide bonds. The molecule has 0 fully saturated rings. The first-order valence-electron chi connectivity index (χ1n) is 23.8. The monoisotopic (exact) mass is 866 g/mol. The van der Waals surface area contributed by atoms with Crippen LogP contribution in [0.3, 0.4) is 0 Å². The van der Waals surface area contributed by atoms with Crippen LogP contribution < -0.4 is 4.90 Å². The standard InChI is InChI=1S/C66H46N2/c1-65(2)59-40-46(34-37-52(59)53-38-36-48(41-60(53)65)68-62-33-19-17-31-57(62)63-55-29-14-12-26-49(55)50-27-13-15-30-56(50)64(63)68)67(45-24-10-5-11-25-45)47-35-39-54-51-28-16-18-32-58(51)66(61(54)42-47,43-20-6-3-7-21-43)44-22-8-4-9-23-44/h3-42H,1-2H3. The second-order valence-electron chi connectivity index (χ2n) is 19.2. The first kappa shape index (κ1) is 38.8. The molecule has 1 aromatic heterocycles. The minimum absolute atomic E-state index is 0.276. The van der Waals surface area contributed by atoms with E-state index in [2.05, 4.69) is 266 Å². The summed E-state index contributed by atoms with van der Waals surface area (Å²) in [7, 11) is 0. The van der Waals surface area contributed by atoms with Crippen LogP contribution in [0.4, 0.5) is 17.1 Å². The fourth-order valence-electron chi connectivity index (χ4n) is 12.5. The number of rotatable bonds is 6. The second kappa shape index (κ2) is 14.5. The summed E-state index contributed by atoms with van der Waals surface area (Å²) in [6, 6.07) is 90.4. The Morgan fingerprint density at radius 2 is 0.809 bits per heavy atom. The van der Waals surface area contributed by atoms with Crippen LogP contribution in [0.25, 0.3) is 71.3 Å². The fraction of sp³-hybridized carbons (Fsp3) is 0.0606. The van der Waals surface area contributed by atoms with E-state index in [-0.39, 0.29) is 5.41 Å². The Morgan fingerprint density at radius 3 is 1.49 bits per heavy atom. The number of benzene rings is 11. The molecule has 11 aromatic carbocycles. The highest BCUT2D eigenvalue weighted by molar-refractivity contribution is 6.32. The van der Waals surface area contributed by atoms with Crippen LogP contribution in [0.5, 0.6) is 0 Å². The summed E-state index contributed by atoms with van der Waals surface area (Å²) in [6.07, 6.45) is 0. The largest absolute Gasteiger partial charge is 0.310 e. The van der Waals surface area contributed by atoms with Crippen LogP contribution in [0.15, 0.2) is 243 Å². The van der Waals surface area contributed by atoms with E-state index < -0.39 is 5.41 Å². The van der Waals surface area contributed by atoms with Gasteiger partial charge in [0.15, 0.2) is 0 Å². The molecule has 12 aromatic rings. The van der Waals surface area contributed by atoms with Crippen LogP contribution in [-0.4, -0.2) is 4.57 Å². The van der Waals surface area contributed by atoms with Gasteiger partial charge in [-0.15, -0.1) is 0 Å². The summed E-state index contributed by atoms with van der Waals surface area (Å²) >= 11 is 0. The first-order chi connectivity index (χ1) is 33.5. The van der Waals surface area contributed by atoms with E-state index >= 15 is 0 Å². The Kier molecular flexibility index (Phi) is 8.28. The minimum Gasteiger partial charge on any atom is -0.310 e. The summed E-state index contributed by atoms with van der Waals surface area (Å²) in [5.74, 6) is 0. The average Bonchev–Trinajstić information content (AvgIpc) is 3.98. The smallest absolute Gasteiger partial charge is 0.0714 e. The van der Waals surface area contributed by atoms with E-state index in [0.29, 0.717) is 0 Å². The topological polar surface area (TPSA) is 8.17 Å². The molecule has 2 heteroatoms. The summed E-state index contributed by atoms with van der Waals surface area (Å²) in [5, 5.41) is 7.72. The van der Waals surface area contributed by atoms with Crippen molar-refractivity contribution in [1.29, 1.82) is 0 Å². The molecule has 0 radical (unpaired) electrons. The molecule has 68 heavy (non-hydrogen) atoms. The zero-order valence-corrected chi connectivity index (χ0v) is 38.0. The van der Waals surface area contributed by atoms with Crippen molar-refractivity contribution >= 4 is 60.4 Å². The van der Waals surface area contributed by atoms with Gasteiger partial charge in [-0.2, -0.15) is 0 Å². The van der Waals surface area contributed by atoms with Gasteiger partial charge in [-0.25, -0.2) is 0 Å². The quantitative estimate of drug-likeness (QED) is 0.151.